The molecule has 0 amide bonds. The van der Waals surface area contributed by atoms with Crippen LogP contribution in [0.4, 0.5) is 11.6 Å². The molecule has 10 unspecified atom stereocenters. The van der Waals surface area contributed by atoms with Crippen LogP contribution in [0.15, 0.2) is 86.0 Å². The van der Waals surface area contributed by atoms with Crippen molar-refractivity contribution in [2.24, 2.45) is 0 Å². The number of aliphatic hydroxyl groups excluding tert-OH is 2. The van der Waals surface area contributed by atoms with E-state index in [0.29, 0.717) is 47.1 Å². The highest BCUT2D eigenvalue weighted by molar-refractivity contribution is 7.33. The Morgan fingerprint density at radius 1 is 0.625 bits per heavy atom. The Labute approximate surface area is 319 Å². The average Bonchev–Trinajstić information content (AvgIpc) is 3.99. The second-order valence-electron chi connectivity index (χ2n) is 13.1. The summed E-state index contributed by atoms with van der Waals surface area (Å²) in [4.78, 5) is 26.4. The third-order valence-corrected chi connectivity index (χ3v) is 11.1. The first-order valence-electron chi connectivity index (χ1n) is 17.5. The van der Waals surface area contributed by atoms with E-state index in [-0.39, 0.29) is 0 Å². The van der Waals surface area contributed by atoms with Gasteiger partial charge in [-0.2, -0.15) is 0 Å². The minimum Gasteiger partial charge on any atom is -0.387 e. The monoisotopic (exact) mass is 804 g/mol. The summed E-state index contributed by atoms with van der Waals surface area (Å²) in [7, 11) is -5.85. The Balaban J connectivity index is 0.924. The second kappa shape index (κ2) is 15.9. The molecule has 4 N–H and O–H groups in total. The molecular formula is C34H34N10O10P2+2. The molecule has 7 heterocycles. The number of benzene rings is 2. The number of aliphatic hydroxyl groups is 2. The van der Waals surface area contributed by atoms with Gasteiger partial charge in [-0.25, -0.2) is 29.9 Å². The van der Waals surface area contributed by atoms with Gasteiger partial charge in [0.1, 0.15) is 50.3 Å². The molecule has 3 fully saturated rings. The van der Waals surface area contributed by atoms with Gasteiger partial charge in [0.25, 0.3) is 0 Å². The van der Waals surface area contributed by atoms with E-state index >= 15 is 0 Å². The maximum atomic E-state index is 13.4. The fourth-order valence-electron chi connectivity index (χ4n) is 6.83. The third kappa shape index (κ3) is 7.23. The number of rotatable bonds is 8. The first kappa shape index (κ1) is 36.6. The minimum atomic E-state index is -2.93. The molecule has 56 heavy (non-hydrogen) atoms. The normalized spacial score (nSPS) is 28.4. The molecule has 288 valence electrons. The highest BCUT2D eigenvalue weighted by atomic mass is 31.1. The van der Waals surface area contributed by atoms with Gasteiger partial charge in [-0.1, -0.05) is 60.7 Å². The van der Waals surface area contributed by atoms with Gasteiger partial charge in [-0.15, -0.1) is 18.1 Å². The Hall–Kier alpha value is -4.98. The van der Waals surface area contributed by atoms with Crippen molar-refractivity contribution in [3.8, 4) is 0 Å². The molecule has 0 spiro atoms. The highest BCUT2D eigenvalue weighted by Gasteiger charge is 2.56. The molecule has 0 radical (unpaired) electrons. The molecule has 4 aromatic heterocycles. The Kier molecular flexibility index (Phi) is 10.4. The lowest BCUT2D eigenvalue weighted by Gasteiger charge is -2.17. The molecule has 2 aromatic carbocycles. The van der Waals surface area contributed by atoms with E-state index in [1.807, 2.05) is 60.7 Å². The topological polar surface area (TPSA) is 241 Å². The van der Waals surface area contributed by atoms with Gasteiger partial charge in [0.15, 0.2) is 58.6 Å². The van der Waals surface area contributed by atoms with Gasteiger partial charge in [0.2, 0.25) is 0 Å². The van der Waals surface area contributed by atoms with Crippen molar-refractivity contribution >= 4 is 50.5 Å². The second-order valence-corrected chi connectivity index (χ2v) is 14.9. The molecule has 10 atom stereocenters. The first-order chi connectivity index (χ1) is 27.4. The third-order valence-electron chi connectivity index (χ3n) is 9.60. The average molecular weight is 805 g/mol. The van der Waals surface area contributed by atoms with Crippen LogP contribution >= 0.6 is 16.5 Å². The van der Waals surface area contributed by atoms with Crippen LogP contribution in [0, 0.1) is 0 Å². The fraction of sp³-hybridized carbons (Fsp3) is 0.353. The van der Waals surface area contributed by atoms with Crippen LogP contribution in [0.1, 0.15) is 23.6 Å². The number of hydrogen-bond donors (Lipinski definition) is 4. The summed E-state index contributed by atoms with van der Waals surface area (Å²) in [5.74, 6) is 0.925. The first-order valence-corrected chi connectivity index (χ1v) is 19.7. The number of imidazole rings is 2. The zero-order chi connectivity index (χ0) is 38.2. The number of ether oxygens (including phenoxy) is 2. The zero-order valence-electron chi connectivity index (χ0n) is 29.2. The summed E-state index contributed by atoms with van der Waals surface area (Å²) in [5, 5.41) is 29.3. The Morgan fingerprint density at radius 3 is 1.70 bits per heavy atom. The lowest BCUT2D eigenvalue weighted by atomic mass is 10.1. The van der Waals surface area contributed by atoms with Gasteiger partial charge in [0.05, 0.1) is 12.7 Å². The maximum absolute atomic E-state index is 13.4. The summed E-state index contributed by atoms with van der Waals surface area (Å²) < 4.78 is 64.5. The molecule has 9 rings (SSSR count). The van der Waals surface area contributed by atoms with E-state index in [9.17, 15) is 19.3 Å². The van der Waals surface area contributed by atoms with Crippen molar-refractivity contribution in [1.29, 1.82) is 0 Å². The summed E-state index contributed by atoms with van der Waals surface area (Å²) >= 11 is 0. The van der Waals surface area contributed by atoms with E-state index in [4.69, 9.17) is 27.6 Å². The van der Waals surface area contributed by atoms with Crippen molar-refractivity contribution in [3.63, 3.8) is 0 Å². The lowest BCUT2D eigenvalue weighted by molar-refractivity contribution is -0.0566. The number of nitrogens with one attached hydrogen (secondary N) is 2. The molecule has 0 aliphatic carbocycles. The maximum Gasteiger partial charge on any atom is 0.698 e. The number of hydrogen-bond acceptors (Lipinski definition) is 18. The van der Waals surface area contributed by atoms with E-state index in [1.54, 1.807) is 0 Å². The summed E-state index contributed by atoms with van der Waals surface area (Å²) in [5.41, 5.74) is 3.58. The lowest BCUT2D eigenvalue weighted by Crippen LogP contribution is -2.35. The minimum absolute atomic E-state index is 0.341. The van der Waals surface area contributed by atoms with Crippen molar-refractivity contribution in [1.82, 2.24) is 39.0 Å². The van der Waals surface area contributed by atoms with Crippen LogP contribution in [-0.4, -0.2) is 99.1 Å². The number of nitrogens with zero attached hydrogens (tertiary/aromatic N) is 8. The van der Waals surface area contributed by atoms with Crippen LogP contribution in [0.3, 0.4) is 0 Å². The smallest absolute Gasteiger partial charge is 0.387 e. The predicted molar refractivity (Wildman–Crippen MR) is 195 cm³/mol. The SMILES string of the molecule is O=[P+]1OCC2OC(n3cnc4c(NCc5ccccc5)ncnc43)C(O[P+](=O)OCC3OC(n4cnc5c(NCc6ccccc6)ncnc54)C(O)C3O1)C2O. The van der Waals surface area contributed by atoms with Gasteiger partial charge >= 0.3 is 16.5 Å². The van der Waals surface area contributed by atoms with Crippen molar-refractivity contribution in [3.05, 3.63) is 97.1 Å². The van der Waals surface area contributed by atoms with Crippen molar-refractivity contribution < 1.29 is 46.9 Å². The van der Waals surface area contributed by atoms with Crippen LogP contribution in [-0.2, 0) is 49.8 Å². The molecule has 3 aliphatic rings. The number of fused-ring (bicyclic) bond motifs is 5. The number of anilines is 2. The molecule has 6 aromatic rings. The summed E-state index contributed by atoms with van der Waals surface area (Å²) in [6.07, 6.45) is -4.31. The molecule has 3 saturated heterocycles. The van der Waals surface area contributed by atoms with Crippen LogP contribution in [0.25, 0.3) is 22.3 Å². The van der Waals surface area contributed by atoms with Gasteiger partial charge < -0.3 is 30.3 Å². The van der Waals surface area contributed by atoms with E-state index in [0.717, 1.165) is 11.1 Å². The highest BCUT2D eigenvalue weighted by Crippen LogP contribution is 2.44. The molecule has 22 heteroatoms. The van der Waals surface area contributed by atoms with Gasteiger partial charge in [0, 0.05) is 22.2 Å². The van der Waals surface area contributed by atoms with Crippen molar-refractivity contribution in [2.75, 3.05) is 23.8 Å². The van der Waals surface area contributed by atoms with Gasteiger partial charge in [-0.05, 0) is 11.1 Å². The predicted octanol–water partition coefficient (Wildman–Crippen LogP) is 3.54. The van der Waals surface area contributed by atoms with Crippen LogP contribution < -0.4 is 10.6 Å². The zero-order valence-corrected chi connectivity index (χ0v) is 31.0. The van der Waals surface area contributed by atoms with Crippen molar-refractivity contribution in [2.45, 2.75) is 62.2 Å². The van der Waals surface area contributed by atoms with Gasteiger partial charge in [-0.3, -0.25) is 9.13 Å². The summed E-state index contributed by atoms with van der Waals surface area (Å²) in [6, 6.07) is 19.5. The molecule has 2 bridgehead atoms. The quantitative estimate of drug-likeness (QED) is 0.161. The molecule has 3 aliphatic heterocycles. The Morgan fingerprint density at radius 2 is 1.12 bits per heavy atom. The molecule has 20 nitrogen and oxygen atoms in total. The van der Waals surface area contributed by atoms with E-state index in [2.05, 4.69) is 40.5 Å². The number of aromatic nitrogens is 8. The Bertz CT molecular complexity index is 2360. The fourth-order valence-corrected chi connectivity index (χ4v) is 8.38. The van der Waals surface area contributed by atoms with Crippen LogP contribution in [0.5, 0.6) is 0 Å². The van der Waals surface area contributed by atoms with E-state index < -0.39 is 78.8 Å². The molecular weight excluding hydrogens is 770 g/mol. The molecule has 0 saturated carbocycles. The van der Waals surface area contributed by atoms with E-state index in [1.165, 1.54) is 34.4 Å². The summed E-state index contributed by atoms with van der Waals surface area (Å²) in [6.45, 7) is 0.106. The largest absolute Gasteiger partial charge is 0.698 e. The standard InChI is InChI=1S/C34H34N10O10P2/c45-25-21-13-49-55(47)53-27-22(52-33(26(27)46)43-17-41-23-29(37-15-39-31(23)43)35-11-19-7-3-1-4-8-19)14-50-56(48)54-28(25)34(51-21)44-18-42-24-30(38-16-40-32(24)44)36-12-20-9-5-2-6-10-20/h1-10,15-18,21-22,25-28,33-34,45-46H,11-14H2,(H,35,37,39)(H,36,38,40)/q+2. The van der Waals surface area contributed by atoms with Crippen LogP contribution in [0.2, 0.25) is 0 Å².